The number of benzene rings is 1. The van der Waals surface area contributed by atoms with Crippen molar-refractivity contribution < 1.29 is 0 Å². The fourth-order valence-corrected chi connectivity index (χ4v) is 1.64. The van der Waals surface area contributed by atoms with Gasteiger partial charge in [-0.05, 0) is 12.1 Å². The first-order valence-corrected chi connectivity index (χ1v) is 5.31. The summed E-state index contributed by atoms with van der Waals surface area (Å²) in [5.41, 5.74) is 0.386. The van der Waals surface area contributed by atoms with Crippen molar-refractivity contribution in [3.05, 3.63) is 32.8 Å². The van der Waals surface area contributed by atoms with Gasteiger partial charge >= 0.3 is 0 Å². The number of halogens is 6. The van der Waals surface area contributed by atoms with Gasteiger partial charge in [-0.2, -0.15) is 0 Å². The van der Waals surface area contributed by atoms with Gasteiger partial charge in [0.15, 0.2) is 0 Å². The smallest absolute Gasteiger partial charge is 0.0826 e. The van der Waals surface area contributed by atoms with Crippen molar-refractivity contribution >= 4 is 69.6 Å². The average Bonchev–Trinajstić information content (AvgIpc) is 1.97. The molecule has 6 heteroatoms. The van der Waals surface area contributed by atoms with Gasteiger partial charge in [0.25, 0.3) is 0 Å². The van der Waals surface area contributed by atoms with E-state index in [4.69, 9.17) is 69.6 Å². The highest BCUT2D eigenvalue weighted by molar-refractivity contribution is 6.67. The van der Waals surface area contributed by atoms with Crippen LogP contribution in [0.15, 0.2) is 12.1 Å². The highest BCUT2D eigenvalue weighted by Gasteiger charge is 2.24. The van der Waals surface area contributed by atoms with Crippen molar-refractivity contribution in [3.8, 4) is 0 Å². The van der Waals surface area contributed by atoms with Gasteiger partial charge in [-0.15, -0.1) is 0 Å². The van der Waals surface area contributed by atoms with Crippen LogP contribution < -0.4 is 0 Å². The van der Waals surface area contributed by atoms with Crippen molar-refractivity contribution in [3.63, 3.8) is 0 Å². The van der Waals surface area contributed by atoms with Gasteiger partial charge in [0.1, 0.15) is 0 Å². The Kier molecular flexibility index (Phi) is 3.91. The van der Waals surface area contributed by atoms with E-state index in [9.17, 15) is 0 Å². The summed E-state index contributed by atoms with van der Waals surface area (Å²) in [6.45, 7) is 0. The number of hydrogen-bond donors (Lipinski definition) is 0. The van der Waals surface area contributed by atoms with Crippen LogP contribution in [-0.2, 0) is 3.79 Å². The highest BCUT2D eigenvalue weighted by Crippen LogP contribution is 2.42. The van der Waals surface area contributed by atoms with Crippen LogP contribution in [0.2, 0.25) is 15.1 Å². The molecule has 0 aliphatic rings. The van der Waals surface area contributed by atoms with Crippen LogP contribution in [0.1, 0.15) is 5.56 Å². The minimum Gasteiger partial charge on any atom is -0.0826 e. The summed E-state index contributed by atoms with van der Waals surface area (Å²) in [6, 6.07) is 2.92. The normalized spacial score (nSPS) is 11.8. The Labute approximate surface area is 106 Å². The lowest BCUT2D eigenvalue weighted by atomic mass is 10.2. The Morgan fingerprint density at radius 3 is 1.54 bits per heavy atom. The fraction of sp³-hybridized carbons (Fsp3) is 0.143. The summed E-state index contributed by atoms with van der Waals surface area (Å²) >= 11 is 34.0. The van der Waals surface area contributed by atoms with E-state index in [2.05, 4.69) is 0 Å². The van der Waals surface area contributed by atoms with Crippen molar-refractivity contribution in [1.82, 2.24) is 0 Å². The predicted molar refractivity (Wildman–Crippen MR) is 60.7 cm³/mol. The first-order chi connectivity index (χ1) is 5.82. The molecule has 0 unspecified atom stereocenters. The predicted octanol–water partition coefficient (Wildman–Crippen LogP) is 5.47. The summed E-state index contributed by atoms with van der Waals surface area (Å²) in [6.07, 6.45) is 0. The molecule has 0 N–H and O–H groups in total. The Morgan fingerprint density at radius 2 is 1.23 bits per heavy atom. The molecule has 0 fully saturated rings. The lowest BCUT2D eigenvalue weighted by molar-refractivity contribution is 1.24. The molecule has 0 saturated carbocycles. The molecule has 0 aromatic heterocycles. The van der Waals surface area contributed by atoms with Crippen LogP contribution in [0.5, 0.6) is 0 Å². The van der Waals surface area contributed by atoms with Crippen molar-refractivity contribution in [2.45, 2.75) is 3.79 Å². The Bertz CT molecular complexity index is 303. The third-order valence-corrected chi connectivity index (χ3v) is 3.16. The standard InChI is InChI=1S/C7H2Cl6/c8-4-1-3(7(11,12)13)2-5(9)6(4)10/h1-2H. The molecule has 1 aromatic rings. The summed E-state index contributed by atoms with van der Waals surface area (Å²) in [7, 11) is 0. The molecule has 13 heavy (non-hydrogen) atoms. The summed E-state index contributed by atoms with van der Waals surface area (Å²) < 4.78 is -1.54. The molecule has 0 bridgehead atoms. The van der Waals surface area contributed by atoms with E-state index < -0.39 is 3.79 Å². The molecule has 0 amide bonds. The van der Waals surface area contributed by atoms with Crippen molar-refractivity contribution in [2.24, 2.45) is 0 Å². The van der Waals surface area contributed by atoms with E-state index >= 15 is 0 Å². The maximum atomic E-state index is 5.73. The molecular formula is C7H2Cl6. The third kappa shape index (κ3) is 2.95. The Morgan fingerprint density at radius 1 is 0.846 bits per heavy atom. The van der Waals surface area contributed by atoms with Gasteiger partial charge < -0.3 is 0 Å². The van der Waals surface area contributed by atoms with Gasteiger partial charge in [-0.1, -0.05) is 69.6 Å². The van der Waals surface area contributed by atoms with E-state index in [0.717, 1.165) is 0 Å². The molecular weight excluding hydrogens is 297 g/mol. The molecule has 0 spiro atoms. The molecule has 1 aromatic carbocycles. The van der Waals surface area contributed by atoms with Crippen molar-refractivity contribution in [1.29, 1.82) is 0 Å². The molecule has 0 atom stereocenters. The van der Waals surface area contributed by atoms with E-state index in [-0.39, 0.29) is 15.1 Å². The highest BCUT2D eigenvalue weighted by atomic mass is 35.6. The number of alkyl halides is 3. The Hall–Kier alpha value is 0.960. The minimum atomic E-state index is -1.54. The second kappa shape index (κ2) is 4.22. The van der Waals surface area contributed by atoms with Gasteiger partial charge in [0.05, 0.1) is 15.1 Å². The topological polar surface area (TPSA) is 0 Å². The van der Waals surface area contributed by atoms with E-state index in [1.807, 2.05) is 0 Å². The lowest BCUT2D eigenvalue weighted by Gasteiger charge is -2.12. The van der Waals surface area contributed by atoms with Gasteiger partial charge in [0, 0.05) is 5.56 Å². The minimum absolute atomic E-state index is 0.251. The van der Waals surface area contributed by atoms with Gasteiger partial charge in [0.2, 0.25) is 3.79 Å². The zero-order valence-electron chi connectivity index (χ0n) is 5.92. The quantitative estimate of drug-likeness (QED) is 0.440. The first-order valence-electron chi connectivity index (χ1n) is 3.04. The summed E-state index contributed by atoms with van der Waals surface area (Å²) in [4.78, 5) is 0. The fourth-order valence-electron chi connectivity index (χ4n) is 0.719. The monoisotopic (exact) mass is 296 g/mol. The van der Waals surface area contributed by atoms with Crippen LogP contribution in [0.3, 0.4) is 0 Å². The molecule has 1 rings (SSSR count). The molecule has 0 aliphatic carbocycles. The van der Waals surface area contributed by atoms with E-state index in [1.54, 1.807) is 0 Å². The molecule has 0 heterocycles. The third-order valence-electron chi connectivity index (χ3n) is 1.31. The average molecular weight is 299 g/mol. The Balaban J connectivity index is 3.29. The second-order valence-corrected chi connectivity index (χ2v) is 5.73. The van der Waals surface area contributed by atoms with Gasteiger partial charge in [-0.3, -0.25) is 0 Å². The summed E-state index contributed by atoms with van der Waals surface area (Å²) in [5.74, 6) is 0. The molecule has 0 aliphatic heterocycles. The zero-order chi connectivity index (χ0) is 10.2. The van der Waals surface area contributed by atoms with Gasteiger partial charge in [-0.25, -0.2) is 0 Å². The largest absolute Gasteiger partial charge is 0.216 e. The van der Waals surface area contributed by atoms with E-state index in [1.165, 1.54) is 12.1 Å². The van der Waals surface area contributed by atoms with Crippen LogP contribution in [0.4, 0.5) is 0 Å². The van der Waals surface area contributed by atoms with E-state index in [0.29, 0.717) is 5.56 Å². The van der Waals surface area contributed by atoms with Crippen LogP contribution in [-0.4, -0.2) is 0 Å². The maximum Gasteiger partial charge on any atom is 0.216 e. The van der Waals surface area contributed by atoms with Crippen LogP contribution in [0.25, 0.3) is 0 Å². The molecule has 72 valence electrons. The van der Waals surface area contributed by atoms with Crippen LogP contribution >= 0.6 is 69.6 Å². The van der Waals surface area contributed by atoms with Crippen molar-refractivity contribution in [2.75, 3.05) is 0 Å². The molecule has 0 radical (unpaired) electrons. The SMILES string of the molecule is Clc1cc(C(Cl)(Cl)Cl)cc(Cl)c1Cl. The summed E-state index contributed by atoms with van der Waals surface area (Å²) in [5, 5.41) is 0.771. The molecule has 0 saturated heterocycles. The number of rotatable bonds is 0. The second-order valence-electron chi connectivity index (χ2n) is 2.25. The lowest BCUT2D eigenvalue weighted by Crippen LogP contribution is -1.99. The zero-order valence-corrected chi connectivity index (χ0v) is 10.5. The number of hydrogen-bond acceptors (Lipinski definition) is 0. The first kappa shape index (κ1) is 12.0. The van der Waals surface area contributed by atoms with Crippen LogP contribution in [0, 0.1) is 0 Å². The maximum absolute atomic E-state index is 5.73. The molecule has 0 nitrogen and oxygen atoms in total.